The molecule has 10 nitrogen and oxygen atoms in total. The van der Waals surface area contributed by atoms with Crippen molar-refractivity contribution in [3.8, 4) is 28.7 Å². The number of hydrogen-bond donors (Lipinski definition) is 1. The van der Waals surface area contributed by atoms with E-state index in [1.807, 2.05) is 13.0 Å². The van der Waals surface area contributed by atoms with Crippen LogP contribution in [0.1, 0.15) is 29.6 Å². The van der Waals surface area contributed by atoms with Crippen molar-refractivity contribution in [2.75, 3.05) is 27.4 Å². The molecule has 0 aliphatic carbocycles. The van der Waals surface area contributed by atoms with Crippen LogP contribution in [0.3, 0.4) is 0 Å². The van der Waals surface area contributed by atoms with Gasteiger partial charge in [0.15, 0.2) is 18.1 Å². The highest BCUT2D eigenvalue weighted by Crippen LogP contribution is 2.39. The molecule has 2 amide bonds. The molecule has 1 aromatic heterocycles. The summed E-state index contributed by atoms with van der Waals surface area (Å²) in [5.74, 6) is 0.175. The molecule has 0 saturated carbocycles. The minimum atomic E-state index is -0.658. The van der Waals surface area contributed by atoms with Gasteiger partial charge in [0.25, 0.3) is 11.8 Å². The molecule has 0 saturated heterocycles. The lowest BCUT2D eigenvalue weighted by Gasteiger charge is -2.22. The second kappa shape index (κ2) is 11.4. The van der Waals surface area contributed by atoms with Crippen molar-refractivity contribution >= 4 is 23.4 Å². The molecule has 11 heteroatoms. The predicted molar refractivity (Wildman–Crippen MR) is 124 cm³/mol. The first-order valence-corrected chi connectivity index (χ1v) is 10.8. The summed E-state index contributed by atoms with van der Waals surface area (Å²) in [6, 6.07) is 10.1. The van der Waals surface area contributed by atoms with Gasteiger partial charge < -0.3 is 29.3 Å². The van der Waals surface area contributed by atoms with Gasteiger partial charge in [0.1, 0.15) is 0 Å². The molecule has 0 bridgehead atoms. The Hall–Kier alpha value is -3.79. The van der Waals surface area contributed by atoms with Crippen molar-refractivity contribution in [1.29, 1.82) is 0 Å². The number of carbonyl (C=O) groups is 2. The zero-order valence-corrected chi connectivity index (χ0v) is 19.8. The summed E-state index contributed by atoms with van der Waals surface area (Å²) in [5, 5.41) is 8.62. The maximum absolute atomic E-state index is 13.4. The summed E-state index contributed by atoms with van der Waals surface area (Å²) >= 11 is 6.21. The van der Waals surface area contributed by atoms with E-state index >= 15 is 0 Å². The molecule has 34 heavy (non-hydrogen) atoms. The Kier molecular flexibility index (Phi) is 8.31. The Bertz CT molecular complexity index is 1140. The molecule has 0 radical (unpaired) electrons. The first-order valence-electron chi connectivity index (χ1n) is 10.4. The minimum absolute atomic E-state index is 0.0919. The molecular formula is C23H25ClN4O6. The average Bonchev–Trinajstić information content (AvgIpc) is 3.29. The molecule has 3 aromatic rings. The Morgan fingerprint density at radius 2 is 1.79 bits per heavy atom. The molecular weight excluding hydrogens is 464 g/mol. The van der Waals surface area contributed by atoms with Crippen LogP contribution in [0.4, 0.5) is 0 Å². The molecule has 2 N–H and O–H groups in total. The number of primary amides is 1. The summed E-state index contributed by atoms with van der Waals surface area (Å²) < 4.78 is 21.9. The molecule has 0 spiro atoms. The first kappa shape index (κ1) is 24.8. The number of ether oxygens (including phenoxy) is 3. The van der Waals surface area contributed by atoms with Gasteiger partial charge in [0.2, 0.25) is 17.5 Å². The molecule has 1 heterocycles. The van der Waals surface area contributed by atoms with Crippen LogP contribution < -0.4 is 19.9 Å². The standard InChI is InChI=1S/C23H25ClN4O6/c1-4-9-28(12-20-26-27-22(34-20)15-7-5-6-8-16(15)24)23(30)14-10-17(31-2)21(18(11-14)32-3)33-13-19(25)29/h5-8,10-11H,4,9,12-13H2,1-3H3,(H2,25,29). The third kappa shape index (κ3) is 5.76. The van der Waals surface area contributed by atoms with E-state index in [4.69, 9.17) is 36.0 Å². The average molecular weight is 489 g/mol. The van der Waals surface area contributed by atoms with Crippen LogP contribution in [0.15, 0.2) is 40.8 Å². The molecule has 3 rings (SSSR count). The summed E-state index contributed by atoms with van der Waals surface area (Å²) in [7, 11) is 2.83. The lowest BCUT2D eigenvalue weighted by molar-refractivity contribution is -0.120. The molecule has 0 atom stereocenters. The number of hydrogen-bond acceptors (Lipinski definition) is 8. The highest BCUT2D eigenvalue weighted by molar-refractivity contribution is 6.33. The number of methoxy groups -OCH3 is 2. The van der Waals surface area contributed by atoms with Gasteiger partial charge in [-0.2, -0.15) is 0 Å². The quantitative estimate of drug-likeness (QED) is 0.435. The SMILES string of the molecule is CCCN(Cc1nnc(-c2ccccc2Cl)o1)C(=O)c1cc(OC)c(OCC(N)=O)c(OC)c1. The Morgan fingerprint density at radius 1 is 1.12 bits per heavy atom. The van der Waals surface area contributed by atoms with Gasteiger partial charge in [-0.25, -0.2) is 0 Å². The van der Waals surface area contributed by atoms with Gasteiger partial charge in [0.05, 0.1) is 31.4 Å². The molecule has 0 fully saturated rings. The van der Waals surface area contributed by atoms with Crippen LogP contribution >= 0.6 is 11.6 Å². The predicted octanol–water partition coefficient (Wildman–Crippen LogP) is 3.32. The van der Waals surface area contributed by atoms with Crippen LogP contribution in [0.25, 0.3) is 11.5 Å². The topological polar surface area (TPSA) is 130 Å². The van der Waals surface area contributed by atoms with E-state index in [2.05, 4.69) is 10.2 Å². The Morgan fingerprint density at radius 3 is 2.38 bits per heavy atom. The number of rotatable bonds is 11. The minimum Gasteiger partial charge on any atom is -0.493 e. The van der Waals surface area contributed by atoms with E-state index in [0.717, 1.165) is 0 Å². The Labute approximate surface area is 201 Å². The van der Waals surface area contributed by atoms with Gasteiger partial charge in [-0.1, -0.05) is 30.7 Å². The molecule has 0 aliphatic heterocycles. The zero-order valence-electron chi connectivity index (χ0n) is 19.0. The van der Waals surface area contributed by atoms with E-state index in [1.54, 1.807) is 23.1 Å². The smallest absolute Gasteiger partial charge is 0.255 e. The maximum Gasteiger partial charge on any atom is 0.255 e. The maximum atomic E-state index is 13.4. The number of carbonyl (C=O) groups excluding carboxylic acids is 2. The molecule has 0 aliphatic rings. The lowest BCUT2D eigenvalue weighted by atomic mass is 10.1. The van der Waals surface area contributed by atoms with Crippen LogP contribution in [0.5, 0.6) is 17.2 Å². The Balaban J connectivity index is 1.87. The second-order valence-corrected chi connectivity index (χ2v) is 7.58. The van der Waals surface area contributed by atoms with Crippen molar-refractivity contribution in [3.05, 3.63) is 52.9 Å². The summed E-state index contributed by atoms with van der Waals surface area (Å²) in [5.41, 5.74) is 6.06. The van der Waals surface area contributed by atoms with Crippen LogP contribution in [-0.2, 0) is 11.3 Å². The molecule has 2 aromatic carbocycles. The van der Waals surface area contributed by atoms with E-state index in [1.165, 1.54) is 26.4 Å². The van der Waals surface area contributed by atoms with Gasteiger partial charge in [0, 0.05) is 12.1 Å². The van der Waals surface area contributed by atoms with E-state index < -0.39 is 5.91 Å². The number of halogens is 1. The summed E-state index contributed by atoms with van der Waals surface area (Å²) in [6.45, 7) is 2.11. The normalized spacial score (nSPS) is 10.6. The summed E-state index contributed by atoms with van der Waals surface area (Å²) in [6.07, 6.45) is 0.700. The van der Waals surface area contributed by atoms with Crippen LogP contribution in [-0.4, -0.2) is 54.3 Å². The largest absolute Gasteiger partial charge is 0.493 e. The van der Waals surface area contributed by atoms with Crippen molar-refractivity contribution in [2.24, 2.45) is 5.73 Å². The number of nitrogens with zero attached hydrogens (tertiary/aromatic N) is 3. The monoisotopic (exact) mass is 488 g/mol. The van der Waals surface area contributed by atoms with Crippen molar-refractivity contribution < 1.29 is 28.2 Å². The van der Waals surface area contributed by atoms with Gasteiger partial charge in [-0.3, -0.25) is 9.59 Å². The number of amides is 2. The fourth-order valence-electron chi connectivity index (χ4n) is 3.22. The number of benzene rings is 2. The van der Waals surface area contributed by atoms with Crippen LogP contribution in [0, 0.1) is 0 Å². The van der Waals surface area contributed by atoms with Gasteiger partial charge in [-0.05, 0) is 30.7 Å². The van der Waals surface area contributed by atoms with E-state index in [-0.39, 0.29) is 48.1 Å². The summed E-state index contributed by atoms with van der Waals surface area (Å²) in [4.78, 5) is 26.1. The number of nitrogens with two attached hydrogens (primary N) is 1. The third-order valence-corrected chi connectivity index (χ3v) is 5.07. The third-order valence-electron chi connectivity index (χ3n) is 4.74. The van der Waals surface area contributed by atoms with Crippen molar-refractivity contribution in [1.82, 2.24) is 15.1 Å². The van der Waals surface area contributed by atoms with Crippen molar-refractivity contribution in [3.63, 3.8) is 0 Å². The first-order chi connectivity index (χ1) is 16.4. The highest BCUT2D eigenvalue weighted by atomic mass is 35.5. The van der Waals surface area contributed by atoms with E-state index in [0.29, 0.717) is 29.1 Å². The molecule has 0 unspecified atom stereocenters. The van der Waals surface area contributed by atoms with Gasteiger partial charge >= 0.3 is 0 Å². The van der Waals surface area contributed by atoms with E-state index in [9.17, 15) is 9.59 Å². The van der Waals surface area contributed by atoms with Gasteiger partial charge in [-0.15, -0.1) is 10.2 Å². The fourth-order valence-corrected chi connectivity index (χ4v) is 3.43. The lowest BCUT2D eigenvalue weighted by Crippen LogP contribution is -2.31. The second-order valence-electron chi connectivity index (χ2n) is 7.17. The zero-order chi connectivity index (χ0) is 24.7. The van der Waals surface area contributed by atoms with Crippen molar-refractivity contribution in [2.45, 2.75) is 19.9 Å². The molecule has 180 valence electrons. The van der Waals surface area contributed by atoms with Crippen LogP contribution in [0.2, 0.25) is 5.02 Å². The number of aromatic nitrogens is 2. The highest BCUT2D eigenvalue weighted by Gasteiger charge is 2.23. The fraction of sp³-hybridized carbons (Fsp3) is 0.304.